The van der Waals surface area contributed by atoms with E-state index >= 15 is 0 Å². The summed E-state index contributed by atoms with van der Waals surface area (Å²) in [5, 5.41) is 4.21. The van der Waals surface area contributed by atoms with Crippen LogP contribution in [0.4, 0.5) is 0 Å². The lowest BCUT2D eigenvalue weighted by atomic mass is 10.2. The number of aromatic nitrogens is 2. The molecule has 0 radical (unpaired) electrons. The van der Waals surface area contributed by atoms with Gasteiger partial charge in [0, 0.05) is 10.2 Å². The maximum atomic E-state index is 12.4. The molecular weight excluding hydrogens is 320 g/mol. The van der Waals surface area contributed by atoms with Crippen molar-refractivity contribution in [3.63, 3.8) is 0 Å². The first kappa shape index (κ1) is 14.8. The highest BCUT2D eigenvalue weighted by Gasteiger charge is 2.22. The molecule has 1 aromatic carbocycles. The van der Waals surface area contributed by atoms with Crippen LogP contribution in [0.3, 0.4) is 0 Å². The maximum absolute atomic E-state index is 12.4. The third-order valence-electron chi connectivity index (χ3n) is 2.96. The molecule has 1 heterocycles. The molecule has 4 nitrogen and oxygen atoms in total. The summed E-state index contributed by atoms with van der Waals surface area (Å²) in [7, 11) is 0. The normalized spacial score (nSPS) is 12.2. The van der Waals surface area contributed by atoms with E-state index in [0.717, 1.165) is 15.9 Å². The van der Waals surface area contributed by atoms with Crippen LogP contribution in [-0.2, 0) is 0 Å². The third kappa shape index (κ3) is 3.28. The van der Waals surface area contributed by atoms with Gasteiger partial charge in [0.25, 0.3) is 5.91 Å². The number of aryl methyl sites for hydroxylation is 2. The van der Waals surface area contributed by atoms with Gasteiger partial charge in [-0.05, 0) is 50.6 Å². The van der Waals surface area contributed by atoms with Crippen LogP contribution in [0.25, 0.3) is 0 Å². The minimum atomic E-state index is -0.533. The summed E-state index contributed by atoms with van der Waals surface area (Å²) < 4.78 is 8.16. The summed E-state index contributed by atoms with van der Waals surface area (Å²) in [6, 6.07) is 9.32. The summed E-state index contributed by atoms with van der Waals surface area (Å²) >= 11 is 3.37. The second-order valence-electron chi connectivity index (χ2n) is 4.65. The van der Waals surface area contributed by atoms with Gasteiger partial charge in [-0.15, -0.1) is 0 Å². The molecule has 0 aliphatic carbocycles. The Bertz CT molecular complexity index is 605. The quantitative estimate of drug-likeness (QED) is 0.853. The highest BCUT2D eigenvalue weighted by Crippen LogP contribution is 2.19. The lowest BCUT2D eigenvalue weighted by Gasteiger charge is -2.17. The molecule has 0 aliphatic rings. The van der Waals surface area contributed by atoms with Gasteiger partial charge in [-0.2, -0.15) is 5.10 Å². The van der Waals surface area contributed by atoms with Gasteiger partial charge in [0.15, 0.2) is 6.10 Å². The predicted molar refractivity (Wildman–Crippen MR) is 81.2 cm³/mol. The highest BCUT2D eigenvalue weighted by molar-refractivity contribution is 9.10. The number of nitrogens with zero attached hydrogens (tertiary/aromatic N) is 2. The van der Waals surface area contributed by atoms with Crippen molar-refractivity contribution < 1.29 is 9.53 Å². The largest absolute Gasteiger partial charge is 0.481 e. The van der Waals surface area contributed by atoms with E-state index in [1.165, 1.54) is 4.68 Å². The van der Waals surface area contributed by atoms with Gasteiger partial charge >= 0.3 is 0 Å². The monoisotopic (exact) mass is 336 g/mol. The smallest absolute Gasteiger partial charge is 0.288 e. The van der Waals surface area contributed by atoms with Gasteiger partial charge in [-0.3, -0.25) is 4.79 Å². The topological polar surface area (TPSA) is 44.1 Å². The molecule has 20 heavy (non-hydrogen) atoms. The third-order valence-corrected chi connectivity index (χ3v) is 3.49. The number of hydrogen-bond acceptors (Lipinski definition) is 3. The molecular formula is C15H17BrN2O2. The number of carbonyl (C=O) groups excluding carboxylic acids is 1. The lowest BCUT2D eigenvalue weighted by Crippen LogP contribution is -2.32. The molecule has 0 saturated heterocycles. The van der Waals surface area contributed by atoms with Crippen LogP contribution in [0.15, 0.2) is 34.8 Å². The van der Waals surface area contributed by atoms with Crippen molar-refractivity contribution in [3.8, 4) is 5.75 Å². The molecule has 1 unspecified atom stereocenters. The molecule has 0 aliphatic heterocycles. The Morgan fingerprint density at radius 2 is 2.00 bits per heavy atom. The summed E-state index contributed by atoms with van der Waals surface area (Å²) in [6.45, 7) is 5.66. The SMILES string of the molecule is CCC(Oc1ccc(Br)cc1)C(=O)n1nc(C)cc1C. The van der Waals surface area contributed by atoms with Crippen molar-refractivity contribution in [1.29, 1.82) is 0 Å². The van der Waals surface area contributed by atoms with Crippen LogP contribution >= 0.6 is 15.9 Å². The van der Waals surface area contributed by atoms with E-state index < -0.39 is 6.10 Å². The van der Waals surface area contributed by atoms with Crippen LogP contribution in [0.2, 0.25) is 0 Å². The number of halogens is 1. The maximum Gasteiger partial charge on any atom is 0.288 e. The fourth-order valence-electron chi connectivity index (χ4n) is 1.97. The fraction of sp³-hybridized carbons (Fsp3) is 0.333. The molecule has 0 bridgehead atoms. The summed E-state index contributed by atoms with van der Waals surface area (Å²) in [5.74, 6) is 0.538. The molecule has 0 saturated carbocycles. The van der Waals surface area contributed by atoms with Crippen LogP contribution in [0, 0.1) is 13.8 Å². The summed E-state index contributed by atoms with van der Waals surface area (Å²) in [5.41, 5.74) is 1.65. The lowest BCUT2D eigenvalue weighted by molar-refractivity contribution is 0.0674. The Kier molecular flexibility index (Phi) is 4.60. The first-order valence-corrected chi connectivity index (χ1v) is 7.30. The molecule has 0 amide bonds. The molecule has 5 heteroatoms. The molecule has 0 spiro atoms. The average molecular weight is 337 g/mol. The van der Waals surface area contributed by atoms with Gasteiger partial charge in [-0.25, -0.2) is 4.68 Å². The molecule has 0 N–H and O–H groups in total. The van der Waals surface area contributed by atoms with Crippen LogP contribution in [0.5, 0.6) is 5.75 Å². The van der Waals surface area contributed by atoms with Gasteiger partial charge < -0.3 is 4.74 Å². The minimum absolute atomic E-state index is 0.138. The Hall–Kier alpha value is -1.62. The van der Waals surface area contributed by atoms with Crippen molar-refractivity contribution in [2.75, 3.05) is 0 Å². The van der Waals surface area contributed by atoms with E-state index in [9.17, 15) is 4.79 Å². The zero-order valence-electron chi connectivity index (χ0n) is 11.8. The number of hydrogen-bond donors (Lipinski definition) is 0. The van der Waals surface area contributed by atoms with Gasteiger partial charge in [-0.1, -0.05) is 22.9 Å². The van der Waals surface area contributed by atoms with E-state index in [1.54, 1.807) is 0 Å². The minimum Gasteiger partial charge on any atom is -0.481 e. The number of benzene rings is 1. The zero-order valence-corrected chi connectivity index (χ0v) is 13.3. The Morgan fingerprint density at radius 1 is 1.35 bits per heavy atom. The molecule has 2 rings (SSSR count). The standard InChI is InChI=1S/C15H17BrN2O2/c1-4-14(20-13-7-5-12(16)6-8-13)15(19)18-11(3)9-10(2)17-18/h5-9,14H,4H2,1-3H3. The van der Waals surface area contributed by atoms with Crippen molar-refractivity contribution >= 4 is 21.8 Å². The van der Waals surface area contributed by atoms with Crippen LogP contribution in [0.1, 0.15) is 29.5 Å². The Balaban J connectivity index is 2.17. The first-order valence-electron chi connectivity index (χ1n) is 6.51. The average Bonchev–Trinajstić information content (AvgIpc) is 2.76. The number of ether oxygens (including phenoxy) is 1. The second-order valence-corrected chi connectivity index (χ2v) is 5.56. The van der Waals surface area contributed by atoms with Crippen LogP contribution < -0.4 is 4.74 Å². The number of rotatable bonds is 4. The highest BCUT2D eigenvalue weighted by atomic mass is 79.9. The Labute approximate surface area is 126 Å². The van der Waals surface area contributed by atoms with Crippen molar-refractivity contribution in [3.05, 3.63) is 46.2 Å². The summed E-state index contributed by atoms with van der Waals surface area (Å²) in [4.78, 5) is 12.4. The molecule has 1 aromatic heterocycles. The summed E-state index contributed by atoms with van der Waals surface area (Å²) in [6.07, 6.45) is 0.0573. The van der Waals surface area contributed by atoms with Crippen LogP contribution in [-0.4, -0.2) is 21.8 Å². The zero-order chi connectivity index (χ0) is 14.7. The van der Waals surface area contributed by atoms with Crippen molar-refractivity contribution in [1.82, 2.24) is 9.78 Å². The van der Waals surface area contributed by atoms with Gasteiger partial charge in [0.2, 0.25) is 0 Å². The molecule has 2 aromatic rings. The van der Waals surface area contributed by atoms with E-state index in [2.05, 4.69) is 21.0 Å². The van der Waals surface area contributed by atoms with E-state index in [4.69, 9.17) is 4.74 Å². The first-order chi connectivity index (χ1) is 9.51. The van der Waals surface area contributed by atoms with Gasteiger partial charge in [0.1, 0.15) is 5.75 Å². The number of carbonyl (C=O) groups is 1. The molecule has 1 atom stereocenters. The second kappa shape index (κ2) is 6.22. The fourth-order valence-corrected chi connectivity index (χ4v) is 2.24. The van der Waals surface area contributed by atoms with Crippen molar-refractivity contribution in [2.45, 2.75) is 33.3 Å². The molecule has 106 valence electrons. The van der Waals surface area contributed by atoms with E-state index in [-0.39, 0.29) is 5.91 Å². The predicted octanol–water partition coefficient (Wildman–Crippen LogP) is 3.76. The Morgan fingerprint density at radius 3 is 2.50 bits per heavy atom. The van der Waals surface area contributed by atoms with E-state index in [0.29, 0.717) is 12.2 Å². The van der Waals surface area contributed by atoms with Crippen molar-refractivity contribution in [2.24, 2.45) is 0 Å². The van der Waals surface area contributed by atoms with Gasteiger partial charge in [0.05, 0.1) is 5.69 Å². The molecule has 0 fully saturated rings. The van der Waals surface area contributed by atoms with E-state index in [1.807, 2.05) is 51.1 Å².